The quantitative estimate of drug-likeness (QED) is 0.946. The zero-order chi connectivity index (χ0) is 15.6. The van der Waals surface area contributed by atoms with Crippen LogP contribution in [0.15, 0.2) is 24.5 Å². The Labute approximate surface area is 128 Å². The maximum Gasteiger partial charge on any atom is 0.258 e. The molecule has 0 aliphatic carbocycles. The molecule has 6 nitrogen and oxygen atoms in total. The number of hydrogen-bond acceptors (Lipinski definition) is 4. The molecule has 1 N–H and O–H groups in total. The highest BCUT2D eigenvalue weighted by Crippen LogP contribution is 2.25. The van der Waals surface area contributed by atoms with Gasteiger partial charge in [-0.1, -0.05) is 11.6 Å². The highest BCUT2D eigenvalue weighted by Gasteiger charge is 2.20. The van der Waals surface area contributed by atoms with Gasteiger partial charge in [-0.2, -0.15) is 10.1 Å². The number of ether oxygens (including phenoxy) is 1. The maximum absolute atomic E-state index is 12.3. The number of halogens is 1. The van der Waals surface area contributed by atoms with Crippen LogP contribution in [0.25, 0.3) is 0 Å². The third-order valence-electron chi connectivity index (χ3n) is 2.82. The second kappa shape index (κ2) is 5.73. The number of amides is 1. The summed E-state index contributed by atoms with van der Waals surface area (Å²) in [5.41, 5.74) is 0.149. The summed E-state index contributed by atoms with van der Waals surface area (Å²) in [6.45, 7) is 5.92. The molecule has 1 heterocycles. The lowest BCUT2D eigenvalue weighted by Crippen LogP contribution is -2.27. The SMILES string of the molecule is COc1cc(C(=O)Nc2ncnn2C(C)(C)C)ccc1Cl. The van der Waals surface area contributed by atoms with E-state index in [1.807, 2.05) is 20.8 Å². The largest absolute Gasteiger partial charge is 0.495 e. The van der Waals surface area contributed by atoms with Crippen molar-refractivity contribution in [2.45, 2.75) is 26.3 Å². The fraction of sp³-hybridized carbons (Fsp3) is 0.357. The molecule has 0 aliphatic rings. The number of methoxy groups -OCH3 is 1. The van der Waals surface area contributed by atoms with E-state index in [2.05, 4.69) is 15.4 Å². The molecular weight excluding hydrogens is 292 g/mol. The molecule has 0 atom stereocenters. The Morgan fingerprint density at radius 1 is 1.38 bits per heavy atom. The van der Waals surface area contributed by atoms with Gasteiger partial charge in [0.25, 0.3) is 5.91 Å². The fourth-order valence-electron chi connectivity index (χ4n) is 1.79. The van der Waals surface area contributed by atoms with Gasteiger partial charge in [-0.3, -0.25) is 10.1 Å². The number of hydrogen-bond donors (Lipinski definition) is 1. The summed E-state index contributed by atoms with van der Waals surface area (Å²) in [4.78, 5) is 16.4. The van der Waals surface area contributed by atoms with Crippen LogP contribution >= 0.6 is 11.6 Å². The van der Waals surface area contributed by atoms with Crippen LogP contribution in [-0.4, -0.2) is 27.8 Å². The molecule has 1 amide bonds. The van der Waals surface area contributed by atoms with Crippen molar-refractivity contribution in [2.24, 2.45) is 0 Å². The Morgan fingerprint density at radius 3 is 2.71 bits per heavy atom. The predicted octanol–water partition coefficient (Wildman–Crippen LogP) is 2.95. The lowest BCUT2D eigenvalue weighted by Gasteiger charge is -2.21. The third kappa shape index (κ3) is 3.33. The van der Waals surface area contributed by atoms with Crippen molar-refractivity contribution in [3.63, 3.8) is 0 Å². The molecule has 7 heteroatoms. The van der Waals surface area contributed by atoms with Gasteiger partial charge < -0.3 is 4.74 Å². The number of rotatable bonds is 3. The topological polar surface area (TPSA) is 69.0 Å². The van der Waals surface area contributed by atoms with E-state index in [0.29, 0.717) is 22.3 Å². The first-order valence-electron chi connectivity index (χ1n) is 6.38. The van der Waals surface area contributed by atoms with Gasteiger partial charge in [0, 0.05) is 5.56 Å². The highest BCUT2D eigenvalue weighted by molar-refractivity contribution is 6.32. The first kappa shape index (κ1) is 15.3. The molecule has 0 saturated heterocycles. The fourth-order valence-corrected chi connectivity index (χ4v) is 1.99. The van der Waals surface area contributed by atoms with Crippen LogP contribution in [0.5, 0.6) is 5.75 Å². The number of carbonyl (C=O) groups excluding carboxylic acids is 1. The second-order valence-corrected chi connectivity index (χ2v) is 5.88. The van der Waals surface area contributed by atoms with Crippen LogP contribution in [-0.2, 0) is 5.54 Å². The van der Waals surface area contributed by atoms with E-state index >= 15 is 0 Å². The van der Waals surface area contributed by atoms with Crippen LogP contribution in [0.1, 0.15) is 31.1 Å². The summed E-state index contributed by atoms with van der Waals surface area (Å²) in [5.74, 6) is 0.534. The van der Waals surface area contributed by atoms with Gasteiger partial charge in [0.1, 0.15) is 12.1 Å². The molecule has 1 aromatic heterocycles. The normalized spacial score (nSPS) is 11.3. The summed E-state index contributed by atoms with van der Waals surface area (Å²) in [7, 11) is 1.50. The standard InChI is InChI=1S/C14H17ClN4O2/c1-14(2,3)19-13(16-8-17-19)18-12(20)9-5-6-10(15)11(7-9)21-4/h5-8H,1-4H3,(H,16,17,18,20). The zero-order valence-electron chi connectivity index (χ0n) is 12.3. The average Bonchev–Trinajstić information content (AvgIpc) is 2.87. The molecule has 0 spiro atoms. The van der Waals surface area contributed by atoms with Gasteiger partial charge in [0.2, 0.25) is 5.95 Å². The molecule has 0 radical (unpaired) electrons. The minimum absolute atomic E-state index is 0.281. The van der Waals surface area contributed by atoms with E-state index in [9.17, 15) is 4.79 Å². The van der Waals surface area contributed by atoms with Crippen molar-refractivity contribution in [3.05, 3.63) is 35.1 Å². The monoisotopic (exact) mass is 308 g/mol. The van der Waals surface area contributed by atoms with Crippen molar-refractivity contribution in [1.29, 1.82) is 0 Å². The van der Waals surface area contributed by atoms with Crippen LogP contribution < -0.4 is 10.1 Å². The molecule has 21 heavy (non-hydrogen) atoms. The number of carbonyl (C=O) groups is 1. The molecule has 2 rings (SSSR count). The van der Waals surface area contributed by atoms with E-state index in [4.69, 9.17) is 16.3 Å². The van der Waals surface area contributed by atoms with Gasteiger partial charge in [0.15, 0.2) is 0 Å². The van der Waals surface area contributed by atoms with Crippen molar-refractivity contribution in [2.75, 3.05) is 12.4 Å². The summed E-state index contributed by atoms with van der Waals surface area (Å²) in [6, 6.07) is 4.82. The van der Waals surface area contributed by atoms with Crippen molar-refractivity contribution in [1.82, 2.24) is 14.8 Å². The summed E-state index contributed by atoms with van der Waals surface area (Å²) < 4.78 is 6.75. The van der Waals surface area contributed by atoms with Crippen LogP contribution in [0.3, 0.4) is 0 Å². The Balaban J connectivity index is 2.25. The Kier molecular flexibility index (Phi) is 4.18. The molecule has 0 fully saturated rings. The van der Waals surface area contributed by atoms with E-state index in [1.165, 1.54) is 13.4 Å². The number of benzene rings is 1. The molecule has 0 bridgehead atoms. The van der Waals surface area contributed by atoms with Gasteiger partial charge in [-0.05, 0) is 39.0 Å². The first-order chi connectivity index (χ1) is 9.82. The second-order valence-electron chi connectivity index (χ2n) is 5.47. The lowest BCUT2D eigenvalue weighted by atomic mass is 10.1. The van der Waals surface area contributed by atoms with E-state index < -0.39 is 0 Å². The Hall–Kier alpha value is -2.08. The third-order valence-corrected chi connectivity index (χ3v) is 3.13. The molecule has 112 valence electrons. The van der Waals surface area contributed by atoms with Gasteiger partial charge in [-0.15, -0.1) is 0 Å². The first-order valence-corrected chi connectivity index (χ1v) is 6.76. The molecule has 0 aliphatic heterocycles. The molecule has 1 aromatic carbocycles. The molecule has 0 unspecified atom stereocenters. The van der Waals surface area contributed by atoms with Crippen molar-refractivity contribution in [3.8, 4) is 5.75 Å². The molecule has 0 saturated carbocycles. The highest BCUT2D eigenvalue weighted by atomic mass is 35.5. The number of aromatic nitrogens is 3. The van der Waals surface area contributed by atoms with Crippen LogP contribution in [0.2, 0.25) is 5.02 Å². The summed E-state index contributed by atoms with van der Waals surface area (Å²) >= 11 is 5.95. The van der Waals surface area contributed by atoms with E-state index in [0.717, 1.165) is 0 Å². The summed E-state index contributed by atoms with van der Waals surface area (Å²) in [5, 5.41) is 7.31. The molecule has 2 aromatic rings. The van der Waals surface area contributed by atoms with Gasteiger partial charge in [-0.25, -0.2) is 4.68 Å². The Bertz CT molecular complexity index is 661. The number of nitrogens with one attached hydrogen (secondary N) is 1. The Morgan fingerprint density at radius 2 is 2.10 bits per heavy atom. The van der Waals surface area contributed by atoms with Crippen molar-refractivity contribution >= 4 is 23.5 Å². The van der Waals surface area contributed by atoms with Gasteiger partial charge in [0.05, 0.1) is 17.7 Å². The number of anilines is 1. The van der Waals surface area contributed by atoms with Crippen LogP contribution in [0.4, 0.5) is 5.95 Å². The van der Waals surface area contributed by atoms with Crippen LogP contribution in [0, 0.1) is 0 Å². The average molecular weight is 309 g/mol. The predicted molar refractivity (Wildman–Crippen MR) is 81.0 cm³/mol. The number of nitrogens with zero attached hydrogens (tertiary/aromatic N) is 3. The van der Waals surface area contributed by atoms with Crippen molar-refractivity contribution < 1.29 is 9.53 Å². The minimum Gasteiger partial charge on any atom is -0.495 e. The van der Waals surface area contributed by atoms with E-state index in [1.54, 1.807) is 22.9 Å². The minimum atomic E-state index is -0.302. The zero-order valence-corrected chi connectivity index (χ0v) is 13.1. The summed E-state index contributed by atoms with van der Waals surface area (Å²) in [6.07, 6.45) is 1.41. The molecular formula is C14H17ClN4O2. The maximum atomic E-state index is 12.3. The van der Waals surface area contributed by atoms with E-state index in [-0.39, 0.29) is 11.4 Å². The van der Waals surface area contributed by atoms with Gasteiger partial charge >= 0.3 is 0 Å². The lowest BCUT2D eigenvalue weighted by molar-refractivity contribution is 0.102. The smallest absolute Gasteiger partial charge is 0.258 e.